The van der Waals surface area contributed by atoms with Gasteiger partial charge in [0.2, 0.25) is 0 Å². The Morgan fingerprint density at radius 2 is 2.36 bits per heavy atom. The van der Waals surface area contributed by atoms with Crippen LogP contribution in [-0.2, 0) is 0 Å². The standard InChI is InChI=1S/C6H6N2O2.H2O/c9-3-5-6(4-1-2-4)8-10-7-5;/h3-4H,1-2H2;1H2. The van der Waals surface area contributed by atoms with Gasteiger partial charge < -0.3 is 5.48 Å². The molecule has 5 heteroatoms. The van der Waals surface area contributed by atoms with Crippen LogP contribution in [0.25, 0.3) is 0 Å². The third-order valence-corrected chi connectivity index (χ3v) is 1.66. The molecule has 0 bridgehead atoms. The van der Waals surface area contributed by atoms with E-state index in [1.807, 2.05) is 0 Å². The van der Waals surface area contributed by atoms with Gasteiger partial charge in [0.05, 0.1) is 0 Å². The number of nitrogens with zero attached hydrogens (tertiary/aromatic N) is 1. The fourth-order valence-electron chi connectivity index (χ4n) is 0.958. The number of aromatic amines is 1. The van der Waals surface area contributed by atoms with E-state index in [1.54, 1.807) is 0 Å². The molecule has 0 saturated heterocycles. The van der Waals surface area contributed by atoms with Crippen molar-refractivity contribution in [2.75, 3.05) is 0 Å². The van der Waals surface area contributed by atoms with Gasteiger partial charge in [0.15, 0.2) is 11.4 Å². The Morgan fingerprint density at radius 3 is 2.91 bits per heavy atom. The fourth-order valence-corrected chi connectivity index (χ4v) is 0.958. The van der Waals surface area contributed by atoms with Crippen LogP contribution in [-0.4, -0.2) is 16.9 Å². The van der Waals surface area contributed by atoms with Gasteiger partial charge in [0.1, 0.15) is 0 Å². The smallest absolute Gasteiger partial charge is 0.256 e. The second-order valence-corrected chi connectivity index (χ2v) is 2.48. The zero-order valence-electron chi connectivity index (χ0n) is 5.78. The third kappa shape index (κ3) is 1.27. The Hall–Kier alpha value is -1.23. The van der Waals surface area contributed by atoms with E-state index in [0.717, 1.165) is 24.8 Å². The van der Waals surface area contributed by atoms with E-state index in [0.29, 0.717) is 11.6 Å². The van der Waals surface area contributed by atoms with Crippen LogP contribution in [0.3, 0.4) is 0 Å². The molecule has 0 amide bonds. The van der Waals surface area contributed by atoms with Crippen molar-refractivity contribution in [2.24, 2.45) is 0 Å². The van der Waals surface area contributed by atoms with Gasteiger partial charge in [-0.25, -0.2) is 0 Å². The first-order valence-electron chi connectivity index (χ1n) is 3.24. The molecule has 11 heavy (non-hydrogen) atoms. The van der Waals surface area contributed by atoms with E-state index in [4.69, 9.17) is 0 Å². The highest BCUT2D eigenvalue weighted by atomic mass is 16.6. The van der Waals surface area contributed by atoms with E-state index < -0.39 is 0 Å². The molecule has 5 nitrogen and oxygen atoms in total. The lowest BCUT2D eigenvalue weighted by molar-refractivity contribution is -0.624. The van der Waals surface area contributed by atoms with Crippen LogP contribution in [0.4, 0.5) is 0 Å². The van der Waals surface area contributed by atoms with Crippen molar-refractivity contribution in [3.63, 3.8) is 0 Å². The second kappa shape index (κ2) is 2.79. The number of aldehydes is 1. The van der Waals surface area contributed by atoms with Crippen molar-refractivity contribution < 1.29 is 20.1 Å². The van der Waals surface area contributed by atoms with Gasteiger partial charge in [-0.2, -0.15) is 0 Å². The first-order chi connectivity index (χ1) is 4.92. The van der Waals surface area contributed by atoms with Gasteiger partial charge in [-0.05, 0) is 12.8 Å². The van der Waals surface area contributed by atoms with Crippen LogP contribution in [0.5, 0.6) is 0 Å². The summed E-state index contributed by atoms with van der Waals surface area (Å²) in [4.78, 5) is 10.3. The van der Waals surface area contributed by atoms with E-state index in [9.17, 15) is 4.79 Å². The normalized spacial score (nSPS) is 15.6. The monoisotopic (exact) mass is 156 g/mol. The average Bonchev–Trinajstić information content (AvgIpc) is 2.69. The number of nitrogens with one attached hydrogen (secondary N) is 1. The van der Waals surface area contributed by atoms with Crippen LogP contribution in [0.2, 0.25) is 0 Å². The minimum Gasteiger partial charge on any atom is -0.870 e. The Balaban J connectivity index is 0.000000605. The largest absolute Gasteiger partial charge is 0.870 e. The number of aromatic nitrogens is 2. The minimum atomic E-state index is 0. The van der Waals surface area contributed by atoms with Gasteiger partial charge >= 0.3 is 0 Å². The molecule has 1 aliphatic carbocycles. The lowest BCUT2D eigenvalue weighted by Gasteiger charge is -1.74. The molecule has 2 N–H and O–H groups in total. The Morgan fingerprint density at radius 1 is 1.64 bits per heavy atom. The van der Waals surface area contributed by atoms with Crippen LogP contribution in [0.15, 0.2) is 4.63 Å². The number of H-pyrrole nitrogens is 1. The molecule has 60 valence electrons. The summed E-state index contributed by atoms with van der Waals surface area (Å²) in [6, 6.07) is 0. The van der Waals surface area contributed by atoms with E-state index >= 15 is 0 Å². The second-order valence-electron chi connectivity index (χ2n) is 2.48. The Labute approximate surface area is 62.7 Å². The Kier molecular flexibility index (Phi) is 2.00. The molecule has 1 heterocycles. The van der Waals surface area contributed by atoms with E-state index in [1.165, 1.54) is 0 Å². The number of hydrogen-bond acceptors (Lipinski definition) is 4. The first kappa shape index (κ1) is 7.87. The topological polar surface area (TPSA) is 87.2 Å². The third-order valence-electron chi connectivity index (χ3n) is 1.66. The summed E-state index contributed by atoms with van der Waals surface area (Å²) in [5.41, 5.74) is 1.28. The SMILES string of the molecule is O=Cc1[nH+]onc1C1CC1.[OH-]. The molecule has 0 spiro atoms. The molecule has 1 fully saturated rings. The van der Waals surface area contributed by atoms with E-state index in [-0.39, 0.29) is 5.48 Å². The van der Waals surface area contributed by atoms with Crippen LogP contribution < -0.4 is 5.16 Å². The molecule has 1 aromatic heterocycles. The maximum absolute atomic E-state index is 10.3. The minimum absolute atomic E-state index is 0. The molecule has 0 aromatic carbocycles. The summed E-state index contributed by atoms with van der Waals surface area (Å²) in [5.74, 6) is 0.468. The quantitative estimate of drug-likeness (QED) is 0.564. The number of hydrogen-bond donors (Lipinski definition) is 0. The maximum atomic E-state index is 10.3. The predicted molar refractivity (Wildman–Crippen MR) is 32.4 cm³/mol. The summed E-state index contributed by atoms with van der Waals surface area (Å²) in [5, 5.41) is 6.11. The van der Waals surface area contributed by atoms with E-state index in [2.05, 4.69) is 14.9 Å². The molecule has 0 unspecified atom stereocenters. The summed E-state index contributed by atoms with van der Waals surface area (Å²) in [6.45, 7) is 0. The van der Waals surface area contributed by atoms with Gasteiger partial charge in [-0.3, -0.25) is 4.79 Å². The Bertz CT molecular complexity index is 254. The number of carbonyl (C=O) groups excluding carboxylic acids is 1. The zero-order valence-corrected chi connectivity index (χ0v) is 5.78. The van der Waals surface area contributed by atoms with Crippen molar-refractivity contribution in [1.29, 1.82) is 0 Å². The molecule has 1 aromatic rings. The van der Waals surface area contributed by atoms with Gasteiger partial charge in [0, 0.05) is 5.92 Å². The van der Waals surface area contributed by atoms with Gasteiger partial charge in [-0.15, -0.1) is 0 Å². The lowest BCUT2D eigenvalue weighted by Crippen LogP contribution is -2.04. The van der Waals surface area contributed by atoms with Crippen LogP contribution in [0, 0.1) is 0 Å². The summed E-state index contributed by atoms with van der Waals surface area (Å²) >= 11 is 0. The van der Waals surface area contributed by atoms with Crippen molar-refractivity contribution in [1.82, 2.24) is 5.16 Å². The number of rotatable bonds is 2. The van der Waals surface area contributed by atoms with Crippen molar-refractivity contribution in [2.45, 2.75) is 18.8 Å². The highest BCUT2D eigenvalue weighted by molar-refractivity contribution is 5.71. The molecular formula is C6H8N2O3. The van der Waals surface area contributed by atoms with Crippen LogP contribution in [0.1, 0.15) is 34.9 Å². The van der Waals surface area contributed by atoms with Crippen LogP contribution >= 0.6 is 0 Å². The van der Waals surface area contributed by atoms with Gasteiger partial charge in [0.25, 0.3) is 11.4 Å². The summed E-state index contributed by atoms with van der Waals surface area (Å²) in [6.07, 6.45) is 2.99. The van der Waals surface area contributed by atoms with Gasteiger partial charge in [-0.1, -0.05) is 9.79 Å². The molecule has 0 aliphatic heterocycles. The highest BCUT2D eigenvalue weighted by Gasteiger charge is 2.35. The van der Waals surface area contributed by atoms with Crippen molar-refractivity contribution >= 4 is 6.29 Å². The molecule has 0 atom stereocenters. The summed E-state index contributed by atoms with van der Waals surface area (Å²) < 4.78 is 4.53. The molecule has 1 aliphatic rings. The first-order valence-corrected chi connectivity index (χ1v) is 3.24. The average molecular weight is 156 g/mol. The maximum Gasteiger partial charge on any atom is 0.256 e. The van der Waals surface area contributed by atoms with Crippen molar-refractivity contribution in [3.05, 3.63) is 11.4 Å². The fraction of sp³-hybridized carbons (Fsp3) is 0.500. The molecule has 1 saturated carbocycles. The lowest BCUT2D eigenvalue weighted by atomic mass is 10.2. The molecule has 0 radical (unpaired) electrons. The molecule has 2 rings (SSSR count). The zero-order chi connectivity index (χ0) is 6.97. The summed E-state index contributed by atoms with van der Waals surface area (Å²) in [7, 11) is 0. The highest BCUT2D eigenvalue weighted by Crippen LogP contribution is 2.39. The van der Waals surface area contributed by atoms with Crippen molar-refractivity contribution in [3.8, 4) is 0 Å². The predicted octanol–water partition coefficient (Wildman–Crippen LogP) is 0.00180. The number of carbonyl (C=O) groups is 1. The molecular weight excluding hydrogens is 148 g/mol.